The van der Waals surface area contributed by atoms with Gasteiger partial charge in [-0.25, -0.2) is 10.1 Å². The Hall–Kier alpha value is -5.55. The largest absolute Gasteiger partial charge is 0.504 e. The van der Waals surface area contributed by atoms with Crippen molar-refractivity contribution < 1.29 is 43.6 Å². The SMILES string of the molecule is COC1=C(NC(=O)C(NC(=O)c2c(C)oc3cc(O)c(O)cc3c2=O)c2ccc(OCC(=O)O)cc2)CNC=[C+]1. The summed E-state index contributed by atoms with van der Waals surface area (Å²) in [5.41, 5.74) is -0.629. The van der Waals surface area contributed by atoms with Gasteiger partial charge in [0.05, 0.1) is 12.5 Å². The number of phenols is 2. The van der Waals surface area contributed by atoms with Crippen molar-refractivity contribution in [3.8, 4) is 17.2 Å². The normalized spacial score (nSPS) is 13.2. The zero-order chi connectivity index (χ0) is 29.0. The number of fused-ring (bicyclic) bond motifs is 1. The molecule has 6 N–H and O–H groups in total. The molecule has 13 heteroatoms. The Kier molecular flexibility index (Phi) is 7.87. The van der Waals surface area contributed by atoms with Crippen LogP contribution in [0.15, 0.2) is 63.3 Å². The van der Waals surface area contributed by atoms with E-state index in [1.807, 2.05) is 0 Å². The maximum atomic E-state index is 13.5. The molecule has 2 amide bonds. The molecule has 1 aromatic heterocycles. The van der Waals surface area contributed by atoms with Gasteiger partial charge in [-0.2, -0.15) is 0 Å². The molecule has 0 aliphatic carbocycles. The van der Waals surface area contributed by atoms with Crippen LogP contribution in [0.25, 0.3) is 11.0 Å². The molecule has 1 atom stereocenters. The number of nitrogens with one attached hydrogen (secondary N) is 3. The van der Waals surface area contributed by atoms with Gasteiger partial charge in [-0.1, -0.05) is 12.1 Å². The van der Waals surface area contributed by atoms with Gasteiger partial charge < -0.3 is 39.8 Å². The van der Waals surface area contributed by atoms with Crippen molar-refractivity contribution in [3.63, 3.8) is 0 Å². The second-order valence-electron chi connectivity index (χ2n) is 8.53. The first-order valence-electron chi connectivity index (χ1n) is 11.7. The minimum atomic E-state index is -1.35. The Bertz CT molecular complexity index is 1610. The number of allylic oxidation sites excluding steroid dienone is 1. The van der Waals surface area contributed by atoms with Gasteiger partial charge >= 0.3 is 11.7 Å². The molecule has 0 bridgehead atoms. The first-order chi connectivity index (χ1) is 19.1. The van der Waals surface area contributed by atoms with Gasteiger partial charge in [-0.3, -0.25) is 14.4 Å². The standard InChI is InChI=1S/C27H23N3O10/c1-13-23(25(35)16-9-18(31)19(32)10-21(16)40-13)26(36)30-24(14-3-5-15(6-4-14)39-12-22(33)34)27(37)29-17-11-28-8-7-20(17)38-2/h3-6,8-10,24,28H,11-12H2,1-2H3,(H4-,29,30,31,32,33,34,35,36,37)/p+1. The maximum Gasteiger partial charge on any atom is 0.373 e. The van der Waals surface area contributed by atoms with Crippen molar-refractivity contribution in [3.05, 3.63) is 87.2 Å². The van der Waals surface area contributed by atoms with E-state index in [-0.39, 0.29) is 40.3 Å². The third-order valence-electron chi connectivity index (χ3n) is 5.84. The third kappa shape index (κ3) is 5.79. The quantitative estimate of drug-likeness (QED) is 0.166. The lowest BCUT2D eigenvalue weighted by Crippen LogP contribution is -2.43. The third-order valence-corrected chi connectivity index (χ3v) is 5.84. The van der Waals surface area contributed by atoms with Crippen molar-refractivity contribution in [2.45, 2.75) is 13.0 Å². The summed E-state index contributed by atoms with van der Waals surface area (Å²) in [5, 5.41) is 36.4. The minimum absolute atomic E-state index is 0.0475. The van der Waals surface area contributed by atoms with Crippen LogP contribution in [0, 0.1) is 13.0 Å². The van der Waals surface area contributed by atoms with E-state index >= 15 is 0 Å². The lowest BCUT2D eigenvalue weighted by atomic mass is 10.0. The summed E-state index contributed by atoms with van der Waals surface area (Å²) < 4.78 is 15.9. The molecular weight excluding hydrogens is 526 g/mol. The summed E-state index contributed by atoms with van der Waals surface area (Å²) in [7, 11) is 1.40. The van der Waals surface area contributed by atoms with Gasteiger partial charge in [0.2, 0.25) is 11.1 Å². The Balaban J connectivity index is 1.70. The van der Waals surface area contributed by atoms with Gasteiger partial charge in [0.25, 0.3) is 11.8 Å². The van der Waals surface area contributed by atoms with Crippen LogP contribution in [0.1, 0.15) is 27.7 Å². The van der Waals surface area contributed by atoms with Gasteiger partial charge in [-0.05, 0) is 30.7 Å². The van der Waals surface area contributed by atoms with Gasteiger partial charge in [-0.15, -0.1) is 0 Å². The van der Waals surface area contributed by atoms with Gasteiger partial charge in [0, 0.05) is 6.07 Å². The fourth-order valence-corrected chi connectivity index (χ4v) is 3.94. The number of carbonyl (C=O) groups is 3. The number of aliphatic carboxylic acids is 1. The van der Waals surface area contributed by atoms with Crippen LogP contribution in [-0.2, 0) is 14.3 Å². The van der Waals surface area contributed by atoms with Crippen LogP contribution in [0.2, 0.25) is 0 Å². The topological polar surface area (TPSA) is 197 Å². The molecule has 1 aliphatic heterocycles. The molecule has 2 heterocycles. The highest BCUT2D eigenvalue weighted by Gasteiger charge is 2.31. The van der Waals surface area contributed by atoms with Crippen molar-refractivity contribution >= 4 is 28.8 Å². The van der Waals surface area contributed by atoms with E-state index in [4.69, 9.17) is 19.0 Å². The number of methoxy groups -OCH3 is 1. The zero-order valence-electron chi connectivity index (χ0n) is 21.2. The number of ether oxygens (including phenoxy) is 2. The Morgan fingerprint density at radius 3 is 2.52 bits per heavy atom. The smallest absolute Gasteiger partial charge is 0.373 e. The van der Waals surface area contributed by atoms with Crippen LogP contribution < -0.4 is 26.1 Å². The number of phenolic OH excluding ortho intramolecular Hbond substituents is 2. The minimum Gasteiger partial charge on any atom is -0.504 e. The summed E-state index contributed by atoms with van der Waals surface area (Å²) in [6.45, 7) is 0.998. The molecule has 13 nitrogen and oxygen atoms in total. The first-order valence-corrected chi connectivity index (χ1v) is 11.7. The van der Waals surface area contributed by atoms with E-state index < -0.39 is 52.9 Å². The fourth-order valence-electron chi connectivity index (χ4n) is 3.94. The highest BCUT2D eigenvalue weighted by Crippen LogP contribution is 2.30. The van der Waals surface area contributed by atoms with Gasteiger partial charge in [0.1, 0.15) is 35.2 Å². The molecular formula is C27H24N3O10+. The van der Waals surface area contributed by atoms with E-state index in [1.54, 1.807) is 0 Å². The van der Waals surface area contributed by atoms with E-state index in [1.165, 1.54) is 44.5 Å². The summed E-state index contributed by atoms with van der Waals surface area (Å²) in [6.07, 6.45) is 4.32. The number of carboxylic acid groups (broad SMARTS) is 1. The average Bonchev–Trinajstić information content (AvgIpc) is 2.92. The number of rotatable bonds is 9. The zero-order valence-corrected chi connectivity index (χ0v) is 21.2. The molecule has 0 saturated heterocycles. The van der Waals surface area contributed by atoms with Crippen molar-refractivity contribution in [1.29, 1.82) is 0 Å². The second-order valence-corrected chi connectivity index (χ2v) is 8.53. The van der Waals surface area contributed by atoms with Crippen molar-refractivity contribution in [2.75, 3.05) is 20.3 Å². The molecule has 0 radical (unpaired) electrons. The predicted octanol–water partition coefficient (Wildman–Crippen LogP) is 1.34. The monoisotopic (exact) mass is 550 g/mol. The molecule has 3 aromatic rings. The Morgan fingerprint density at radius 2 is 1.85 bits per heavy atom. The van der Waals surface area contributed by atoms with Gasteiger partial charge in [0.15, 0.2) is 30.4 Å². The molecule has 4 rings (SSSR count). The molecule has 1 aliphatic rings. The molecule has 40 heavy (non-hydrogen) atoms. The van der Waals surface area contributed by atoms with E-state index in [2.05, 4.69) is 22.0 Å². The molecule has 0 spiro atoms. The summed E-state index contributed by atoms with van der Waals surface area (Å²) in [6, 6.07) is 6.44. The van der Waals surface area contributed by atoms with Crippen molar-refractivity contribution in [1.82, 2.24) is 16.0 Å². The summed E-state index contributed by atoms with van der Waals surface area (Å²) in [5.74, 6) is -3.49. The first kappa shape index (κ1) is 27.5. The van der Waals surface area contributed by atoms with Crippen LogP contribution in [0.3, 0.4) is 0 Å². The highest BCUT2D eigenvalue weighted by molar-refractivity contribution is 6.01. The number of amides is 2. The van der Waals surface area contributed by atoms with E-state index in [0.29, 0.717) is 5.70 Å². The molecule has 1 unspecified atom stereocenters. The second kappa shape index (κ2) is 11.5. The average molecular weight is 551 g/mol. The molecule has 0 fully saturated rings. The Labute approximate surface area is 226 Å². The van der Waals surface area contributed by atoms with Crippen LogP contribution >= 0.6 is 0 Å². The van der Waals surface area contributed by atoms with Crippen molar-refractivity contribution in [2.24, 2.45) is 0 Å². The maximum absolute atomic E-state index is 13.5. The fraction of sp³-hybridized carbons (Fsp3) is 0.185. The predicted molar refractivity (Wildman–Crippen MR) is 138 cm³/mol. The summed E-state index contributed by atoms with van der Waals surface area (Å²) >= 11 is 0. The van der Waals surface area contributed by atoms with Crippen LogP contribution in [0.4, 0.5) is 0 Å². The highest BCUT2D eigenvalue weighted by atomic mass is 16.5. The number of hydrogen-bond donors (Lipinski definition) is 6. The summed E-state index contributed by atoms with van der Waals surface area (Å²) in [4.78, 5) is 50.8. The van der Waals surface area contributed by atoms with E-state index in [0.717, 1.165) is 12.1 Å². The van der Waals surface area contributed by atoms with Crippen LogP contribution in [0.5, 0.6) is 17.2 Å². The molecule has 2 aromatic carbocycles. The number of carbonyl (C=O) groups excluding carboxylic acids is 2. The lowest BCUT2D eigenvalue weighted by molar-refractivity contribution is -0.139. The lowest BCUT2D eigenvalue weighted by Gasteiger charge is -2.19. The Morgan fingerprint density at radius 1 is 1.15 bits per heavy atom. The number of dihydropyridines is 1. The number of hydrogen-bond acceptors (Lipinski definition) is 10. The molecule has 206 valence electrons. The number of carboxylic acids is 1. The van der Waals surface area contributed by atoms with Crippen LogP contribution in [-0.4, -0.2) is 53.4 Å². The van der Waals surface area contributed by atoms with E-state index in [9.17, 15) is 29.4 Å². The molecule has 0 saturated carbocycles. The number of aryl methyl sites for hydroxylation is 1. The number of benzene rings is 2. The number of aromatic hydroxyl groups is 2.